The molecule has 0 aliphatic heterocycles. The average molecular weight is 349 g/mol. The van der Waals surface area contributed by atoms with Crippen LogP contribution in [0, 0.1) is 11.3 Å². The Morgan fingerprint density at radius 3 is 2.52 bits per heavy atom. The van der Waals surface area contributed by atoms with E-state index in [1.165, 1.54) is 0 Å². The summed E-state index contributed by atoms with van der Waals surface area (Å²) in [5, 5.41) is 9.06. The maximum atomic E-state index is 10.9. The third-order valence-electron chi connectivity index (χ3n) is 3.80. The lowest BCUT2D eigenvalue weighted by Crippen LogP contribution is -1.96. The smallest absolute Gasteiger partial charge is 0.157 e. The van der Waals surface area contributed by atoms with Crippen molar-refractivity contribution < 1.29 is 8.76 Å². The molecule has 0 radical (unpaired) electrons. The minimum Gasteiger partial charge on any atom is -0.383 e. The maximum absolute atomic E-state index is 10.9. The summed E-state index contributed by atoms with van der Waals surface area (Å²) in [6, 6.07) is 18.6. The first-order valence-corrected chi connectivity index (χ1v) is 8.77. The predicted octanol–water partition coefficient (Wildman–Crippen LogP) is 3.59. The molecule has 0 bridgehead atoms. The minimum absolute atomic E-state index is 0.104. The highest BCUT2D eigenvalue weighted by Gasteiger charge is 2.08. The molecule has 0 spiro atoms. The van der Waals surface area contributed by atoms with Gasteiger partial charge in [-0.15, -0.1) is 0 Å². The van der Waals surface area contributed by atoms with Crippen LogP contribution in [0.2, 0.25) is 0 Å². The number of pyridine rings is 1. The third-order valence-corrected chi connectivity index (χ3v) is 4.38. The summed E-state index contributed by atoms with van der Waals surface area (Å²) in [4.78, 5) is 4.26. The number of nitrogen functional groups attached to an aromatic ring is 1. The zero-order valence-corrected chi connectivity index (χ0v) is 14.0. The lowest BCUT2D eigenvalue weighted by molar-refractivity contribution is 0.563. The van der Waals surface area contributed by atoms with E-state index in [9.17, 15) is 4.21 Å². The van der Waals surface area contributed by atoms with Crippen LogP contribution in [-0.4, -0.2) is 13.7 Å². The molecule has 1 unspecified atom stereocenters. The van der Waals surface area contributed by atoms with E-state index in [4.69, 9.17) is 15.5 Å². The molecule has 2 aromatic carbocycles. The summed E-state index contributed by atoms with van der Waals surface area (Å²) in [5.41, 5.74) is 10.8. The molecule has 0 fully saturated rings. The molecule has 0 aliphatic rings. The second-order valence-corrected chi connectivity index (χ2v) is 6.44. The van der Waals surface area contributed by atoms with Gasteiger partial charge in [0.05, 0.1) is 17.4 Å². The van der Waals surface area contributed by atoms with Crippen molar-refractivity contribution in [1.82, 2.24) is 4.98 Å². The summed E-state index contributed by atoms with van der Waals surface area (Å²) < 4.78 is 19.8. The molecule has 3 rings (SSSR count). The van der Waals surface area contributed by atoms with Gasteiger partial charge in [-0.3, -0.25) is 0 Å². The quantitative estimate of drug-likeness (QED) is 0.701. The summed E-state index contributed by atoms with van der Waals surface area (Å²) in [6.07, 6.45) is 1.69. The van der Waals surface area contributed by atoms with Crippen molar-refractivity contribution in [2.45, 2.75) is 5.75 Å². The summed E-state index contributed by atoms with van der Waals surface area (Å²) in [6.45, 7) is 0. The topological polar surface area (TPSA) is 100 Å². The van der Waals surface area contributed by atoms with Crippen molar-refractivity contribution in [3.63, 3.8) is 0 Å². The van der Waals surface area contributed by atoms with E-state index in [-0.39, 0.29) is 5.75 Å². The first-order valence-electron chi connectivity index (χ1n) is 7.49. The molecule has 6 heteroatoms. The van der Waals surface area contributed by atoms with Crippen molar-refractivity contribution >= 4 is 16.9 Å². The number of benzene rings is 2. The molecule has 1 heterocycles. The number of rotatable bonds is 4. The van der Waals surface area contributed by atoms with Crippen LogP contribution in [0.1, 0.15) is 11.1 Å². The Kier molecular flexibility index (Phi) is 4.89. The van der Waals surface area contributed by atoms with Crippen molar-refractivity contribution in [3.8, 4) is 28.3 Å². The fourth-order valence-electron chi connectivity index (χ4n) is 2.56. The van der Waals surface area contributed by atoms with Gasteiger partial charge in [0.1, 0.15) is 5.82 Å². The molecule has 0 aliphatic carbocycles. The van der Waals surface area contributed by atoms with E-state index in [2.05, 4.69) is 11.1 Å². The minimum atomic E-state index is -1.86. The van der Waals surface area contributed by atoms with Gasteiger partial charge in [0, 0.05) is 17.3 Å². The van der Waals surface area contributed by atoms with E-state index in [1.54, 1.807) is 18.3 Å². The van der Waals surface area contributed by atoms with Crippen LogP contribution in [0.5, 0.6) is 0 Å². The Morgan fingerprint density at radius 2 is 1.84 bits per heavy atom. The van der Waals surface area contributed by atoms with Crippen LogP contribution in [-0.2, 0) is 16.8 Å². The van der Waals surface area contributed by atoms with Gasteiger partial charge in [-0.1, -0.05) is 36.4 Å². The largest absolute Gasteiger partial charge is 0.383 e. The number of anilines is 1. The van der Waals surface area contributed by atoms with Gasteiger partial charge in [0.2, 0.25) is 0 Å². The molecular weight excluding hydrogens is 334 g/mol. The number of hydrogen-bond acceptors (Lipinski definition) is 4. The first-order chi connectivity index (χ1) is 12.1. The predicted molar refractivity (Wildman–Crippen MR) is 98.7 cm³/mol. The maximum Gasteiger partial charge on any atom is 0.157 e. The summed E-state index contributed by atoms with van der Waals surface area (Å²) in [5.74, 6) is 0.498. The van der Waals surface area contributed by atoms with Crippen molar-refractivity contribution in [3.05, 3.63) is 71.9 Å². The SMILES string of the molecule is N#Cc1cccc(-c2cc(-c3ccc(CS(=O)O)cc3)cnc2N)c1. The van der Waals surface area contributed by atoms with Gasteiger partial charge in [-0.25, -0.2) is 9.19 Å². The highest BCUT2D eigenvalue weighted by Crippen LogP contribution is 2.30. The fraction of sp³-hybridized carbons (Fsp3) is 0.0526. The molecule has 25 heavy (non-hydrogen) atoms. The van der Waals surface area contributed by atoms with Crippen LogP contribution in [0.4, 0.5) is 5.82 Å². The van der Waals surface area contributed by atoms with E-state index in [0.717, 1.165) is 27.8 Å². The van der Waals surface area contributed by atoms with Crippen molar-refractivity contribution in [2.24, 2.45) is 0 Å². The Labute approximate surface area is 148 Å². The van der Waals surface area contributed by atoms with Crippen LogP contribution in [0.3, 0.4) is 0 Å². The van der Waals surface area contributed by atoms with Crippen LogP contribution in [0.25, 0.3) is 22.3 Å². The summed E-state index contributed by atoms with van der Waals surface area (Å²) >= 11 is -1.86. The fourth-order valence-corrected chi connectivity index (χ4v) is 3.03. The van der Waals surface area contributed by atoms with E-state index in [0.29, 0.717) is 11.4 Å². The van der Waals surface area contributed by atoms with Gasteiger partial charge in [-0.2, -0.15) is 5.26 Å². The normalized spacial score (nSPS) is 11.7. The highest BCUT2D eigenvalue weighted by molar-refractivity contribution is 7.78. The average Bonchev–Trinajstić information content (AvgIpc) is 2.62. The Hall–Kier alpha value is -3.01. The Morgan fingerprint density at radius 1 is 1.08 bits per heavy atom. The zero-order valence-electron chi connectivity index (χ0n) is 13.2. The second-order valence-electron chi connectivity index (χ2n) is 5.51. The van der Waals surface area contributed by atoms with E-state index in [1.807, 2.05) is 42.5 Å². The van der Waals surface area contributed by atoms with Gasteiger partial charge in [0.25, 0.3) is 0 Å². The first kappa shape index (κ1) is 16.8. The molecule has 3 N–H and O–H groups in total. The number of aromatic nitrogens is 1. The zero-order chi connectivity index (χ0) is 17.8. The number of nitriles is 1. The molecule has 1 aromatic heterocycles. The Balaban J connectivity index is 1.99. The monoisotopic (exact) mass is 349 g/mol. The molecule has 3 aromatic rings. The van der Waals surface area contributed by atoms with Gasteiger partial charge >= 0.3 is 0 Å². The molecule has 0 amide bonds. The van der Waals surface area contributed by atoms with Crippen molar-refractivity contribution in [2.75, 3.05) is 5.73 Å². The highest BCUT2D eigenvalue weighted by atomic mass is 32.2. The molecular formula is C19H15N3O2S. The second kappa shape index (κ2) is 7.26. The third kappa shape index (κ3) is 3.91. The van der Waals surface area contributed by atoms with Gasteiger partial charge in [0.15, 0.2) is 11.1 Å². The van der Waals surface area contributed by atoms with Gasteiger partial charge in [-0.05, 0) is 34.9 Å². The van der Waals surface area contributed by atoms with Crippen LogP contribution < -0.4 is 5.73 Å². The molecule has 124 valence electrons. The molecule has 0 saturated heterocycles. The molecule has 5 nitrogen and oxygen atoms in total. The molecule has 1 atom stereocenters. The standard InChI is InChI=1S/C19H15N3O2S/c20-10-14-2-1-3-16(8-14)18-9-17(11-22-19(18)21)15-6-4-13(5-7-15)12-25(23)24/h1-9,11H,12H2,(H2,21,22)(H,23,24). The van der Waals surface area contributed by atoms with Crippen LogP contribution >= 0.6 is 0 Å². The number of nitrogens with two attached hydrogens (primary N) is 1. The summed E-state index contributed by atoms with van der Waals surface area (Å²) in [7, 11) is 0. The lowest BCUT2D eigenvalue weighted by Gasteiger charge is -2.09. The number of hydrogen-bond donors (Lipinski definition) is 2. The van der Waals surface area contributed by atoms with E-state index < -0.39 is 11.1 Å². The van der Waals surface area contributed by atoms with Crippen molar-refractivity contribution in [1.29, 1.82) is 5.26 Å². The van der Waals surface area contributed by atoms with Gasteiger partial charge < -0.3 is 10.3 Å². The molecule has 0 saturated carbocycles. The van der Waals surface area contributed by atoms with Crippen LogP contribution in [0.15, 0.2) is 60.8 Å². The van der Waals surface area contributed by atoms with E-state index >= 15 is 0 Å². The Bertz CT molecular complexity index is 979. The lowest BCUT2D eigenvalue weighted by atomic mass is 9.99. The number of nitrogens with zero attached hydrogens (tertiary/aromatic N) is 2.